The predicted octanol–water partition coefficient (Wildman–Crippen LogP) is 6.12. The van der Waals surface area contributed by atoms with Crippen LogP contribution in [0.2, 0.25) is 0 Å². The van der Waals surface area contributed by atoms with Gasteiger partial charge in [-0.05, 0) is 93.1 Å². The van der Waals surface area contributed by atoms with E-state index >= 15 is 0 Å². The van der Waals surface area contributed by atoms with E-state index in [1.165, 1.54) is 61.9 Å². The molecule has 0 spiro atoms. The Bertz CT molecular complexity index is 1440. The van der Waals surface area contributed by atoms with Crippen molar-refractivity contribution in [2.45, 2.75) is 45.6 Å². The summed E-state index contributed by atoms with van der Waals surface area (Å²) in [5, 5.41) is 10.2. The maximum Gasteiger partial charge on any atom is 0.0868 e. The number of hydrogen-bond donors (Lipinski definition) is 3. The molecule has 6 nitrogen and oxygen atoms in total. The molecule has 0 unspecified atom stereocenters. The van der Waals surface area contributed by atoms with E-state index in [0.29, 0.717) is 11.4 Å². The number of aryl methyl sites for hydroxylation is 1. The Morgan fingerprint density at radius 3 is 2.51 bits per heavy atom. The molecule has 2 fully saturated rings. The summed E-state index contributed by atoms with van der Waals surface area (Å²) < 4.78 is 0. The summed E-state index contributed by atoms with van der Waals surface area (Å²) in [4.78, 5) is 12.9. The molecule has 4 aromatic rings. The number of nitrogen functional groups attached to an aromatic ring is 1. The highest BCUT2D eigenvalue weighted by Gasteiger charge is 2.19. The van der Waals surface area contributed by atoms with E-state index < -0.39 is 0 Å². The number of fused-ring (bicyclic) bond motifs is 1. The molecule has 0 aliphatic carbocycles. The van der Waals surface area contributed by atoms with Gasteiger partial charge in [0.15, 0.2) is 0 Å². The van der Waals surface area contributed by atoms with Crippen molar-refractivity contribution < 1.29 is 0 Å². The number of nitrogens with one attached hydrogen (secondary N) is 2. The number of anilines is 2. The average Bonchev–Trinajstić information content (AvgIpc) is 3.58. The zero-order valence-corrected chi connectivity index (χ0v) is 21.7. The highest BCUT2D eigenvalue weighted by molar-refractivity contribution is 6.15. The van der Waals surface area contributed by atoms with E-state index in [2.05, 4.69) is 63.1 Å². The van der Waals surface area contributed by atoms with E-state index in [1.54, 1.807) is 0 Å². The highest BCUT2D eigenvalue weighted by atomic mass is 15.1. The number of pyridine rings is 1. The monoisotopic (exact) mass is 492 g/mol. The molecule has 6 heteroatoms. The van der Waals surface area contributed by atoms with Gasteiger partial charge in [0, 0.05) is 36.3 Å². The molecule has 2 aromatic heterocycles. The lowest BCUT2D eigenvalue weighted by Gasteiger charge is -2.28. The maximum atomic E-state index is 9.10. The number of hydrogen-bond acceptors (Lipinski definition) is 5. The first-order valence-corrected chi connectivity index (χ1v) is 13.6. The van der Waals surface area contributed by atoms with Crippen molar-refractivity contribution in [1.29, 1.82) is 5.41 Å². The summed E-state index contributed by atoms with van der Waals surface area (Å²) in [6, 6.07) is 15.0. The summed E-state index contributed by atoms with van der Waals surface area (Å²) in [5.41, 5.74) is 16.0. The molecule has 4 heterocycles. The lowest BCUT2D eigenvalue weighted by molar-refractivity contribution is 0.331. The average molecular weight is 493 g/mol. The number of nitrogens with zero attached hydrogens (tertiary/aromatic N) is 3. The van der Waals surface area contributed by atoms with Crippen LogP contribution in [0, 0.1) is 12.3 Å². The van der Waals surface area contributed by atoms with Gasteiger partial charge < -0.3 is 15.6 Å². The standard InChI is InChI=1S/C31H36N6/c1-21-13-22(20-36-9-5-6-10-36)15-24(14-21)23-7-8-27(32)25(16-23)31(33)28-17-26-29(35-28)18-34-19-30(26)37-11-3-2-4-12-37/h7-8,13-19,33,35H,2-6,9-12,20,32H2,1H3. The first kappa shape index (κ1) is 23.7. The number of H-pyrrole nitrogens is 1. The van der Waals surface area contributed by atoms with Crippen molar-refractivity contribution in [3.05, 3.63) is 77.2 Å². The molecule has 0 saturated carbocycles. The molecule has 0 bridgehead atoms. The number of aromatic nitrogens is 2. The minimum atomic E-state index is 0.407. The van der Waals surface area contributed by atoms with Crippen molar-refractivity contribution in [1.82, 2.24) is 14.9 Å². The Morgan fingerprint density at radius 2 is 1.70 bits per heavy atom. The second kappa shape index (κ2) is 10.0. The molecule has 37 heavy (non-hydrogen) atoms. The number of benzene rings is 2. The fourth-order valence-electron chi connectivity index (χ4n) is 5.97. The van der Waals surface area contributed by atoms with Gasteiger partial charge in [0.25, 0.3) is 0 Å². The van der Waals surface area contributed by atoms with Crippen molar-refractivity contribution in [3.8, 4) is 11.1 Å². The van der Waals surface area contributed by atoms with Crippen molar-refractivity contribution >= 4 is 28.0 Å². The van der Waals surface area contributed by atoms with Crippen LogP contribution < -0.4 is 10.6 Å². The van der Waals surface area contributed by atoms with Gasteiger partial charge in [-0.2, -0.15) is 0 Å². The Labute approximate surface area is 219 Å². The van der Waals surface area contributed by atoms with Crippen molar-refractivity contribution in [2.75, 3.05) is 36.8 Å². The normalized spacial score (nSPS) is 16.5. The molecule has 2 aliphatic rings. The van der Waals surface area contributed by atoms with Gasteiger partial charge in [-0.1, -0.05) is 23.8 Å². The van der Waals surface area contributed by atoms with Crippen LogP contribution in [0.3, 0.4) is 0 Å². The van der Waals surface area contributed by atoms with Crippen LogP contribution in [0.1, 0.15) is 54.5 Å². The van der Waals surface area contributed by atoms with Gasteiger partial charge in [0.05, 0.1) is 35.0 Å². The molecule has 0 amide bonds. The summed E-state index contributed by atoms with van der Waals surface area (Å²) >= 11 is 0. The fraction of sp³-hybridized carbons (Fsp3) is 0.355. The first-order valence-electron chi connectivity index (χ1n) is 13.6. The Hall–Kier alpha value is -3.64. The van der Waals surface area contributed by atoms with Crippen LogP contribution in [0.4, 0.5) is 11.4 Å². The second-order valence-electron chi connectivity index (χ2n) is 10.7. The third kappa shape index (κ3) is 4.86. The summed E-state index contributed by atoms with van der Waals surface area (Å²) in [6.45, 7) is 7.65. The van der Waals surface area contributed by atoms with Gasteiger partial charge in [0.2, 0.25) is 0 Å². The molecule has 2 aromatic carbocycles. The van der Waals surface area contributed by atoms with Crippen LogP contribution in [0.15, 0.2) is 54.9 Å². The number of aromatic amines is 1. The molecular formula is C31H36N6. The zero-order valence-electron chi connectivity index (χ0n) is 21.7. The van der Waals surface area contributed by atoms with E-state index in [9.17, 15) is 0 Å². The van der Waals surface area contributed by atoms with E-state index in [-0.39, 0.29) is 0 Å². The molecular weight excluding hydrogens is 456 g/mol. The SMILES string of the molecule is Cc1cc(CN2CCCC2)cc(-c2ccc(N)c(C(=N)c3cc4c(N5CCCCC5)cncc4[nH]3)c2)c1. The summed E-state index contributed by atoms with van der Waals surface area (Å²) in [7, 11) is 0. The van der Waals surface area contributed by atoms with E-state index in [4.69, 9.17) is 11.1 Å². The molecule has 4 N–H and O–H groups in total. The molecule has 2 aliphatic heterocycles. The van der Waals surface area contributed by atoms with Crippen LogP contribution in [-0.4, -0.2) is 46.8 Å². The number of nitrogens with two attached hydrogens (primary N) is 1. The number of rotatable bonds is 6. The van der Waals surface area contributed by atoms with Crippen LogP contribution in [0.25, 0.3) is 22.0 Å². The van der Waals surface area contributed by atoms with Gasteiger partial charge in [-0.25, -0.2) is 0 Å². The third-order valence-electron chi connectivity index (χ3n) is 7.89. The largest absolute Gasteiger partial charge is 0.398 e. The van der Waals surface area contributed by atoms with Crippen molar-refractivity contribution in [2.24, 2.45) is 0 Å². The van der Waals surface area contributed by atoms with Crippen LogP contribution in [-0.2, 0) is 6.54 Å². The summed E-state index contributed by atoms with van der Waals surface area (Å²) in [6.07, 6.45) is 10.1. The first-order chi connectivity index (χ1) is 18.0. The lowest BCUT2D eigenvalue weighted by atomic mass is 9.95. The fourth-order valence-corrected chi connectivity index (χ4v) is 5.97. The van der Waals surface area contributed by atoms with E-state index in [0.717, 1.165) is 53.0 Å². The molecule has 6 rings (SSSR count). The number of piperidine rings is 1. The molecule has 190 valence electrons. The van der Waals surface area contributed by atoms with Gasteiger partial charge >= 0.3 is 0 Å². The Kier molecular flexibility index (Phi) is 6.43. The Morgan fingerprint density at radius 1 is 0.919 bits per heavy atom. The van der Waals surface area contributed by atoms with Crippen LogP contribution >= 0.6 is 0 Å². The minimum absolute atomic E-state index is 0.407. The third-order valence-corrected chi connectivity index (χ3v) is 7.89. The van der Waals surface area contributed by atoms with Gasteiger partial charge in [-0.15, -0.1) is 0 Å². The van der Waals surface area contributed by atoms with E-state index in [1.807, 2.05) is 18.5 Å². The minimum Gasteiger partial charge on any atom is -0.398 e. The molecule has 2 saturated heterocycles. The topological polar surface area (TPSA) is 85.0 Å². The van der Waals surface area contributed by atoms with Gasteiger partial charge in [0.1, 0.15) is 0 Å². The van der Waals surface area contributed by atoms with Crippen molar-refractivity contribution in [3.63, 3.8) is 0 Å². The Balaban J connectivity index is 1.32. The highest BCUT2D eigenvalue weighted by Crippen LogP contribution is 2.32. The van der Waals surface area contributed by atoms with Gasteiger partial charge in [-0.3, -0.25) is 15.3 Å². The predicted molar refractivity (Wildman–Crippen MR) is 154 cm³/mol. The molecule has 0 radical (unpaired) electrons. The molecule has 0 atom stereocenters. The quantitative estimate of drug-likeness (QED) is 0.223. The zero-order chi connectivity index (χ0) is 25.4. The second-order valence-corrected chi connectivity index (χ2v) is 10.7. The van der Waals surface area contributed by atoms with Crippen LogP contribution in [0.5, 0.6) is 0 Å². The number of likely N-dealkylation sites (tertiary alicyclic amines) is 1. The smallest absolute Gasteiger partial charge is 0.0868 e. The lowest BCUT2D eigenvalue weighted by Crippen LogP contribution is -2.29. The summed E-state index contributed by atoms with van der Waals surface area (Å²) in [5.74, 6) is 0. The maximum absolute atomic E-state index is 9.10.